The zero-order valence-electron chi connectivity index (χ0n) is 13.4. The molecular formula is C20H25Hf. The van der Waals surface area contributed by atoms with E-state index in [-0.39, 0.29) is 0 Å². The summed E-state index contributed by atoms with van der Waals surface area (Å²) in [5, 5.41) is 2.79. The van der Waals surface area contributed by atoms with E-state index in [4.69, 9.17) is 0 Å². The molecule has 0 nitrogen and oxygen atoms in total. The first-order valence-corrected chi connectivity index (χ1v) is 17.2. The van der Waals surface area contributed by atoms with Crippen molar-refractivity contribution < 1.29 is 21.4 Å². The Morgan fingerprint density at radius 1 is 1.00 bits per heavy atom. The normalized spacial score (nSPS) is 20.0. The maximum atomic E-state index is 2.59. The molecule has 3 rings (SSSR count). The van der Waals surface area contributed by atoms with Crippen molar-refractivity contribution in [2.24, 2.45) is 0 Å². The van der Waals surface area contributed by atoms with Crippen molar-refractivity contribution in [3.05, 3.63) is 53.6 Å². The van der Waals surface area contributed by atoms with Gasteiger partial charge in [-0.2, -0.15) is 0 Å². The van der Waals surface area contributed by atoms with Crippen molar-refractivity contribution in [2.45, 2.75) is 45.1 Å². The summed E-state index contributed by atoms with van der Waals surface area (Å²) in [6.45, 7) is 2.30. The van der Waals surface area contributed by atoms with Crippen LogP contribution in [0, 0.1) is 0 Å². The molecule has 0 aliphatic heterocycles. The van der Waals surface area contributed by atoms with Crippen molar-refractivity contribution in [1.82, 2.24) is 0 Å². The molecule has 2 aromatic carbocycles. The van der Waals surface area contributed by atoms with Gasteiger partial charge in [-0.1, -0.05) is 0 Å². The molecule has 1 aliphatic rings. The van der Waals surface area contributed by atoms with Gasteiger partial charge in [0.15, 0.2) is 0 Å². The first-order valence-electron chi connectivity index (χ1n) is 8.20. The number of fused-ring (bicyclic) bond motifs is 2. The van der Waals surface area contributed by atoms with Gasteiger partial charge in [0.1, 0.15) is 0 Å². The fraction of sp³-hybridized carbons (Fsp3) is 0.400. The Hall–Kier alpha value is -0.690. The second kappa shape index (κ2) is 6.20. The summed E-state index contributed by atoms with van der Waals surface area (Å²) in [5.74, 6) is 0. The molecule has 0 saturated carbocycles. The third kappa shape index (κ3) is 2.70. The van der Waals surface area contributed by atoms with Crippen LogP contribution in [-0.4, -0.2) is 0 Å². The summed E-state index contributed by atoms with van der Waals surface area (Å²) in [6.07, 6.45) is 10.4. The van der Waals surface area contributed by atoms with Gasteiger partial charge < -0.3 is 0 Å². The van der Waals surface area contributed by atoms with Gasteiger partial charge in [0.2, 0.25) is 0 Å². The van der Waals surface area contributed by atoms with E-state index in [0.29, 0.717) is 3.17 Å². The zero-order chi connectivity index (χ0) is 14.9. The molecule has 109 valence electrons. The topological polar surface area (TPSA) is 0 Å². The van der Waals surface area contributed by atoms with Crippen LogP contribution in [0.5, 0.6) is 0 Å². The minimum absolute atomic E-state index is 0.458. The van der Waals surface area contributed by atoms with Crippen LogP contribution in [0.1, 0.15) is 43.7 Å². The van der Waals surface area contributed by atoms with Crippen LogP contribution >= 0.6 is 0 Å². The number of hydrogen-bond donors (Lipinski definition) is 0. The molecule has 0 aromatic heterocycles. The Labute approximate surface area is 136 Å². The van der Waals surface area contributed by atoms with Crippen molar-refractivity contribution in [1.29, 1.82) is 0 Å². The molecule has 0 heterocycles. The monoisotopic (exact) mass is 445 g/mol. The summed E-state index contributed by atoms with van der Waals surface area (Å²) in [5.41, 5.74) is 3.13. The summed E-state index contributed by atoms with van der Waals surface area (Å²) in [6, 6.07) is 13.7. The number of unbranched alkanes of at least 4 members (excludes halogenated alkanes) is 2. The fourth-order valence-corrected chi connectivity index (χ4v) is 10.3. The molecule has 0 radical (unpaired) electrons. The summed E-state index contributed by atoms with van der Waals surface area (Å²) >= 11 is -1.58. The minimum atomic E-state index is -1.58. The van der Waals surface area contributed by atoms with E-state index >= 15 is 0 Å². The predicted octanol–water partition coefficient (Wildman–Crippen LogP) is 6.36. The van der Waals surface area contributed by atoms with Gasteiger partial charge in [-0.25, -0.2) is 0 Å². The van der Waals surface area contributed by atoms with Crippen LogP contribution in [0.2, 0.25) is 9.36 Å². The zero-order valence-corrected chi connectivity index (χ0v) is 17.0. The fourth-order valence-electron chi connectivity index (χ4n) is 3.66. The van der Waals surface area contributed by atoms with Gasteiger partial charge in [-0.15, -0.1) is 0 Å². The Bertz CT molecular complexity index is 669. The molecule has 0 saturated heterocycles. The number of rotatable bonds is 5. The van der Waals surface area contributed by atoms with E-state index in [9.17, 15) is 0 Å². The molecule has 0 amide bonds. The average Bonchev–Trinajstić information content (AvgIpc) is 2.85. The second-order valence-corrected chi connectivity index (χ2v) is 16.9. The van der Waals surface area contributed by atoms with E-state index in [2.05, 4.69) is 64.8 Å². The number of allylic oxidation sites excluding steroid dienone is 1. The van der Waals surface area contributed by atoms with E-state index in [1.54, 1.807) is 5.56 Å². The van der Waals surface area contributed by atoms with Crippen LogP contribution in [-0.2, 0) is 24.6 Å². The second-order valence-electron chi connectivity index (χ2n) is 6.55. The molecule has 0 fully saturated rings. The van der Waals surface area contributed by atoms with Gasteiger partial charge in [0.05, 0.1) is 0 Å². The van der Waals surface area contributed by atoms with Crippen molar-refractivity contribution in [3.8, 4) is 0 Å². The van der Waals surface area contributed by atoms with Crippen molar-refractivity contribution in [2.75, 3.05) is 0 Å². The SMILES string of the molecule is CCCCC[C]1([Hf]([CH3])[CH3])C=Cc2cc3ccccc3cc21. The molecule has 1 heteroatoms. The van der Waals surface area contributed by atoms with Crippen molar-refractivity contribution in [3.63, 3.8) is 0 Å². The van der Waals surface area contributed by atoms with E-state index in [1.807, 2.05) is 0 Å². The molecule has 0 bridgehead atoms. The number of hydrogen-bond acceptors (Lipinski definition) is 0. The Kier molecular flexibility index (Phi) is 4.49. The third-order valence-electron chi connectivity index (χ3n) is 5.01. The van der Waals surface area contributed by atoms with Gasteiger partial charge >= 0.3 is 137 Å². The Balaban J connectivity index is 2.06. The molecular weight excluding hydrogens is 419 g/mol. The Morgan fingerprint density at radius 2 is 1.71 bits per heavy atom. The molecule has 1 atom stereocenters. The maximum absolute atomic E-state index is 2.59. The van der Waals surface area contributed by atoms with Gasteiger partial charge in [0, 0.05) is 0 Å². The van der Waals surface area contributed by atoms with Gasteiger partial charge in [0.25, 0.3) is 0 Å². The summed E-state index contributed by atoms with van der Waals surface area (Å²) in [7, 11) is 0. The van der Waals surface area contributed by atoms with Crippen LogP contribution in [0.15, 0.2) is 42.5 Å². The molecule has 1 unspecified atom stereocenters. The van der Waals surface area contributed by atoms with E-state index in [1.165, 1.54) is 42.0 Å². The number of benzene rings is 2. The average molecular weight is 444 g/mol. The molecule has 2 aromatic rings. The van der Waals surface area contributed by atoms with Crippen molar-refractivity contribution >= 4 is 16.8 Å². The quantitative estimate of drug-likeness (QED) is 0.373. The Morgan fingerprint density at radius 3 is 2.38 bits per heavy atom. The van der Waals surface area contributed by atoms with Gasteiger partial charge in [-0.05, 0) is 0 Å². The van der Waals surface area contributed by atoms with E-state index in [0.717, 1.165) is 0 Å². The molecule has 0 spiro atoms. The first-order chi connectivity index (χ1) is 10.2. The standard InChI is InChI=1S/C18H19.2CH3.Hf/c1-2-3-4-7-14-10-11-17-12-15-8-5-6-9-16(15)13-18(14)17;;;/h5-6,8-13H,2-4,7H2,1H3;2*1H3;. The van der Waals surface area contributed by atoms with Crippen LogP contribution in [0.4, 0.5) is 0 Å². The van der Waals surface area contributed by atoms with Crippen LogP contribution < -0.4 is 0 Å². The van der Waals surface area contributed by atoms with Crippen LogP contribution in [0.3, 0.4) is 0 Å². The predicted molar refractivity (Wildman–Crippen MR) is 90.5 cm³/mol. The van der Waals surface area contributed by atoms with Crippen LogP contribution in [0.25, 0.3) is 16.8 Å². The van der Waals surface area contributed by atoms with E-state index < -0.39 is 21.4 Å². The third-order valence-corrected chi connectivity index (χ3v) is 13.9. The van der Waals surface area contributed by atoms with Gasteiger partial charge in [-0.3, -0.25) is 0 Å². The molecule has 1 aliphatic carbocycles. The molecule has 21 heavy (non-hydrogen) atoms. The first kappa shape index (κ1) is 15.2. The molecule has 0 N–H and O–H groups in total. The summed E-state index contributed by atoms with van der Waals surface area (Å²) < 4.78 is 5.63. The summed E-state index contributed by atoms with van der Waals surface area (Å²) in [4.78, 5) is 0.